The molecular formula is C21H28N2O2S. The largest absolute Gasteiger partial charge is 0.458 e. The Labute approximate surface area is 159 Å². The van der Waals surface area contributed by atoms with Gasteiger partial charge in [-0.25, -0.2) is 4.98 Å². The molecule has 0 unspecified atom stereocenters. The Kier molecular flexibility index (Phi) is 5.44. The van der Waals surface area contributed by atoms with Crippen molar-refractivity contribution < 1.29 is 9.53 Å². The highest BCUT2D eigenvalue weighted by Gasteiger charge is 2.35. The van der Waals surface area contributed by atoms with E-state index in [2.05, 4.69) is 22.9 Å². The Morgan fingerprint density at radius 1 is 1.23 bits per heavy atom. The van der Waals surface area contributed by atoms with Gasteiger partial charge < -0.3 is 9.64 Å². The van der Waals surface area contributed by atoms with Crippen LogP contribution in [0.1, 0.15) is 51.9 Å². The Bertz CT molecular complexity index is 712. The lowest BCUT2D eigenvalue weighted by atomic mass is 9.80. The second-order valence-corrected chi connectivity index (χ2v) is 8.80. The number of esters is 1. The molecule has 2 aromatic rings. The predicted octanol–water partition coefficient (Wildman–Crippen LogP) is 5.02. The SMILES string of the molecule is CCCCC1CCC(C(=O)OC2CN(c3nc4ccccc4s3)C2)CC1. The second kappa shape index (κ2) is 7.95. The first-order valence-corrected chi connectivity index (χ1v) is 10.9. The van der Waals surface area contributed by atoms with E-state index in [9.17, 15) is 4.79 Å². The molecule has 2 aliphatic rings. The summed E-state index contributed by atoms with van der Waals surface area (Å²) in [6.45, 7) is 3.80. The third-order valence-corrected chi connectivity index (χ3v) is 6.93. The quantitative estimate of drug-likeness (QED) is 0.667. The number of para-hydroxylation sites is 1. The molecule has 0 atom stereocenters. The van der Waals surface area contributed by atoms with Crippen LogP contribution in [0.25, 0.3) is 10.2 Å². The number of hydrogen-bond acceptors (Lipinski definition) is 5. The van der Waals surface area contributed by atoms with Crippen LogP contribution in [0, 0.1) is 11.8 Å². The van der Waals surface area contributed by atoms with Gasteiger partial charge in [-0.3, -0.25) is 4.79 Å². The molecule has 0 amide bonds. The van der Waals surface area contributed by atoms with Crippen molar-refractivity contribution in [3.8, 4) is 0 Å². The van der Waals surface area contributed by atoms with Gasteiger partial charge in [0.15, 0.2) is 5.13 Å². The first-order chi connectivity index (χ1) is 12.7. The van der Waals surface area contributed by atoms with Crippen molar-refractivity contribution in [2.75, 3.05) is 18.0 Å². The number of fused-ring (bicyclic) bond motifs is 1. The zero-order chi connectivity index (χ0) is 17.9. The molecule has 1 saturated carbocycles. The average Bonchev–Trinajstić information content (AvgIpc) is 3.06. The molecule has 26 heavy (non-hydrogen) atoms. The van der Waals surface area contributed by atoms with Crippen molar-refractivity contribution in [2.24, 2.45) is 11.8 Å². The van der Waals surface area contributed by atoms with E-state index in [1.54, 1.807) is 11.3 Å². The van der Waals surface area contributed by atoms with E-state index in [-0.39, 0.29) is 18.0 Å². The number of anilines is 1. The number of nitrogens with zero attached hydrogens (tertiary/aromatic N) is 2. The molecule has 1 aliphatic carbocycles. The van der Waals surface area contributed by atoms with Gasteiger partial charge in [-0.1, -0.05) is 49.7 Å². The monoisotopic (exact) mass is 372 g/mol. The van der Waals surface area contributed by atoms with E-state index < -0.39 is 0 Å². The molecule has 1 aromatic heterocycles. The smallest absolute Gasteiger partial charge is 0.309 e. The molecule has 1 aliphatic heterocycles. The molecule has 1 saturated heterocycles. The van der Waals surface area contributed by atoms with Crippen molar-refractivity contribution in [3.05, 3.63) is 24.3 Å². The fraction of sp³-hybridized carbons (Fsp3) is 0.619. The lowest BCUT2D eigenvalue weighted by Gasteiger charge is -2.39. The van der Waals surface area contributed by atoms with Crippen molar-refractivity contribution in [2.45, 2.75) is 58.0 Å². The van der Waals surface area contributed by atoms with Crippen LogP contribution in [0.3, 0.4) is 0 Å². The summed E-state index contributed by atoms with van der Waals surface area (Å²) in [4.78, 5) is 19.3. The number of aromatic nitrogens is 1. The van der Waals surface area contributed by atoms with Crippen LogP contribution in [0.4, 0.5) is 5.13 Å². The Hall–Kier alpha value is -1.62. The number of ether oxygens (including phenoxy) is 1. The summed E-state index contributed by atoms with van der Waals surface area (Å²) in [5, 5.41) is 1.04. The average molecular weight is 373 g/mol. The van der Waals surface area contributed by atoms with Gasteiger partial charge in [0.05, 0.1) is 29.2 Å². The normalized spacial score (nSPS) is 23.8. The second-order valence-electron chi connectivity index (χ2n) is 7.79. The van der Waals surface area contributed by atoms with E-state index in [4.69, 9.17) is 4.74 Å². The van der Waals surface area contributed by atoms with Gasteiger partial charge in [0, 0.05) is 0 Å². The minimum absolute atomic E-state index is 0.0346. The summed E-state index contributed by atoms with van der Waals surface area (Å²) in [7, 11) is 0. The van der Waals surface area contributed by atoms with Gasteiger partial charge >= 0.3 is 5.97 Å². The summed E-state index contributed by atoms with van der Waals surface area (Å²) in [6.07, 6.45) is 8.39. The summed E-state index contributed by atoms with van der Waals surface area (Å²) in [6, 6.07) is 8.21. The third kappa shape index (κ3) is 3.88. The van der Waals surface area contributed by atoms with Gasteiger partial charge in [0.1, 0.15) is 6.10 Å². The van der Waals surface area contributed by atoms with E-state index in [0.29, 0.717) is 0 Å². The van der Waals surface area contributed by atoms with Crippen molar-refractivity contribution in [1.82, 2.24) is 4.98 Å². The van der Waals surface area contributed by atoms with Crippen LogP contribution in [0.15, 0.2) is 24.3 Å². The standard InChI is InChI=1S/C21H28N2O2S/c1-2-3-6-15-9-11-16(12-10-15)20(24)25-17-13-23(14-17)21-22-18-7-4-5-8-19(18)26-21/h4-5,7-8,15-17H,2-3,6,9-14H2,1H3. The lowest BCUT2D eigenvalue weighted by Crippen LogP contribution is -2.53. The maximum atomic E-state index is 12.5. The van der Waals surface area contributed by atoms with E-state index >= 15 is 0 Å². The molecular weight excluding hydrogens is 344 g/mol. The van der Waals surface area contributed by atoms with E-state index in [0.717, 1.165) is 42.5 Å². The summed E-state index contributed by atoms with van der Waals surface area (Å²) in [5.74, 6) is 0.995. The van der Waals surface area contributed by atoms with Crippen LogP contribution in [0.2, 0.25) is 0 Å². The van der Waals surface area contributed by atoms with Crippen LogP contribution in [-0.4, -0.2) is 30.1 Å². The Morgan fingerprint density at radius 3 is 2.73 bits per heavy atom. The van der Waals surface area contributed by atoms with E-state index in [1.165, 1.54) is 36.8 Å². The number of carbonyl (C=O) groups is 1. The van der Waals surface area contributed by atoms with Gasteiger partial charge in [-0.05, 0) is 43.7 Å². The van der Waals surface area contributed by atoms with Crippen LogP contribution in [0.5, 0.6) is 0 Å². The first kappa shape index (κ1) is 17.8. The van der Waals surface area contributed by atoms with Crippen molar-refractivity contribution in [3.63, 3.8) is 0 Å². The molecule has 0 N–H and O–H groups in total. The zero-order valence-electron chi connectivity index (χ0n) is 15.5. The summed E-state index contributed by atoms with van der Waals surface area (Å²) < 4.78 is 6.98. The predicted molar refractivity (Wildman–Crippen MR) is 107 cm³/mol. The maximum Gasteiger partial charge on any atom is 0.309 e. The topological polar surface area (TPSA) is 42.4 Å². The number of unbranched alkanes of at least 4 members (excludes halogenated alkanes) is 1. The van der Waals surface area contributed by atoms with Crippen LogP contribution in [-0.2, 0) is 9.53 Å². The minimum atomic E-state index is 0.0346. The molecule has 2 heterocycles. The molecule has 0 radical (unpaired) electrons. The van der Waals surface area contributed by atoms with Crippen LogP contribution < -0.4 is 4.90 Å². The van der Waals surface area contributed by atoms with Gasteiger partial charge in [0.25, 0.3) is 0 Å². The number of rotatable bonds is 6. The number of thiazole rings is 1. The number of benzene rings is 1. The van der Waals surface area contributed by atoms with E-state index in [1.807, 2.05) is 18.2 Å². The zero-order valence-corrected chi connectivity index (χ0v) is 16.3. The van der Waals surface area contributed by atoms with Crippen molar-refractivity contribution >= 4 is 32.7 Å². The fourth-order valence-corrected chi connectivity index (χ4v) is 5.09. The molecule has 0 spiro atoms. The first-order valence-electron chi connectivity index (χ1n) is 10.0. The number of hydrogen-bond donors (Lipinski definition) is 0. The van der Waals surface area contributed by atoms with Gasteiger partial charge in [-0.2, -0.15) is 0 Å². The highest BCUT2D eigenvalue weighted by atomic mass is 32.1. The minimum Gasteiger partial charge on any atom is -0.458 e. The Morgan fingerprint density at radius 2 is 2.00 bits per heavy atom. The molecule has 0 bridgehead atoms. The molecule has 5 heteroatoms. The van der Waals surface area contributed by atoms with Gasteiger partial charge in [0.2, 0.25) is 0 Å². The van der Waals surface area contributed by atoms with Crippen LogP contribution >= 0.6 is 11.3 Å². The molecule has 2 fully saturated rings. The summed E-state index contributed by atoms with van der Waals surface area (Å²) >= 11 is 1.71. The lowest BCUT2D eigenvalue weighted by molar-refractivity contribution is -0.156. The number of carbonyl (C=O) groups excluding carboxylic acids is 1. The fourth-order valence-electron chi connectivity index (χ4n) is 4.10. The maximum absolute atomic E-state index is 12.5. The highest BCUT2D eigenvalue weighted by molar-refractivity contribution is 7.22. The molecule has 4 rings (SSSR count). The molecule has 4 nitrogen and oxygen atoms in total. The van der Waals surface area contributed by atoms with Gasteiger partial charge in [-0.15, -0.1) is 0 Å². The third-order valence-electron chi connectivity index (χ3n) is 5.83. The summed E-state index contributed by atoms with van der Waals surface area (Å²) in [5.41, 5.74) is 1.05. The Balaban J connectivity index is 1.22. The highest BCUT2D eigenvalue weighted by Crippen LogP contribution is 2.34. The molecule has 140 valence electrons. The van der Waals surface area contributed by atoms with Crippen molar-refractivity contribution in [1.29, 1.82) is 0 Å². The molecule has 1 aromatic carbocycles.